The quantitative estimate of drug-likeness (QED) is 0.893. The molecular formula is C19H22N2O3. The van der Waals surface area contributed by atoms with Crippen molar-refractivity contribution in [2.45, 2.75) is 32.9 Å². The van der Waals surface area contributed by atoms with Crippen LogP contribution < -0.4 is 10.6 Å². The molecule has 0 aliphatic rings. The molecule has 5 heteroatoms. The van der Waals surface area contributed by atoms with Gasteiger partial charge in [-0.3, -0.25) is 4.79 Å². The molecule has 0 atom stereocenters. The highest BCUT2D eigenvalue weighted by Crippen LogP contribution is 2.11. The molecule has 0 aromatic heterocycles. The molecule has 2 amide bonds. The summed E-state index contributed by atoms with van der Waals surface area (Å²) in [6, 6.07) is 16.3. The zero-order valence-corrected chi connectivity index (χ0v) is 14.1. The Morgan fingerprint density at radius 1 is 0.958 bits per heavy atom. The van der Waals surface area contributed by atoms with E-state index in [9.17, 15) is 9.59 Å². The maximum atomic E-state index is 12.1. The Kier molecular flexibility index (Phi) is 5.58. The highest BCUT2D eigenvalue weighted by molar-refractivity contribution is 6.04. The third kappa shape index (κ3) is 5.76. The maximum Gasteiger partial charge on any atom is 0.407 e. The van der Waals surface area contributed by atoms with Gasteiger partial charge in [-0.1, -0.05) is 30.3 Å². The SMILES string of the molecule is CC(C)(C)OC(=O)NCc1ccc(C(=O)Nc2ccccc2)cc1. The molecule has 2 rings (SSSR count). The molecule has 126 valence electrons. The average molecular weight is 326 g/mol. The Morgan fingerprint density at radius 2 is 1.58 bits per heavy atom. The van der Waals surface area contributed by atoms with Crippen LogP contribution in [0.1, 0.15) is 36.7 Å². The summed E-state index contributed by atoms with van der Waals surface area (Å²) in [5.74, 6) is -0.173. The van der Waals surface area contributed by atoms with Crippen LogP contribution in [0.15, 0.2) is 54.6 Å². The lowest BCUT2D eigenvalue weighted by Crippen LogP contribution is -2.32. The van der Waals surface area contributed by atoms with E-state index < -0.39 is 11.7 Å². The van der Waals surface area contributed by atoms with Crippen LogP contribution in [0.4, 0.5) is 10.5 Å². The average Bonchev–Trinajstić information content (AvgIpc) is 2.53. The zero-order valence-electron chi connectivity index (χ0n) is 14.1. The molecule has 5 nitrogen and oxygen atoms in total. The minimum atomic E-state index is -0.524. The molecule has 0 heterocycles. The molecule has 0 aliphatic carbocycles. The summed E-state index contributed by atoms with van der Waals surface area (Å²) in [7, 11) is 0. The van der Waals surface area contributed by atoms with Crippen molar-refractivity contribution in [3.63, 3.8) is 0 Å². The molecule has 0 radical (unpaired) electrons. The number of amides is 2. The Bertz CT molecular complexity index is 689. The molecule has 0 saturated heterocycles. The minimum absolute atomic E-state index is 0.173. The van der Waals surface area contributed by atoms with E-state index >= 15 is 0 Å². The number of benzene rings is 2. The van der Waals surface area contributed by atoms with Gasteiger partial charge in [0.25, 0.3) is 5.91 Å². The lowest BCUT2D eigenvalue weighted by molar-refractivity contribution is 0.0523. The van der Waals surface area contributed by atoms with Gasteiger partial charge in [-0.15, -0.1) is 0 Å². The molecule has 2 aromatic carbocycles. The van der Waals surface area contributed by atoms with Crippen molar-refractivity contribution >= 4 is 17.7 Å². The molecule has 0 bridgehead atoms. The largest absolute Gasteiger partial charge is 0.444 e. The lowest BCUT2D eigenvalue weighted by Gasteiger charge is -2.19. The van der Waals surface area contributed by atoms with Gasteiger partial charge in [0.1, 0.15) is 5.60 Å². The standard InChI is InChI=1S/C19H22N2O3/c1-19(2,3)24-18(23)20-13-14-9-11-15(12-10-14)17(22)21-16-7-5-4-6-8-16/h4-12H,13H2,1-3H3,(H,20,23)(H,21,22). The predicted molar refractivity (Wildman–Crippen MR) is 93.9 cm³/mol. The summed E-state index contributed by atoms with van der Waals surface area (Å²) in [4.78, 5) is 23.8. The number of carbonyl (C=O) groups excluding carboxylic acids is 2. The number of anilines is 1. The fourth-order valence-corrected chi connectivity index (χ4v) is 1.99. The smallest absolute Gasteiger partial charge is 0.407 e. The molecule has 0 saturated carbocycles. The number of para-hydroxylation sites is 1. The van der Waals surface area contributed by atoms with Crippen molar-refractivity contribution in [3.05, 3.63) is 65.7 Å². The number of hydrogen-bond donors (Lipinski definition) is 2. The molecule has 2 aromatic rings. The molecule has 0 spiro atoms. The van der Waals surface area contributed by atoms with Gasteiger partial charge in [-0.2, -0.15) is 0 Å². The van der Waals surface area contributed by atoms with Gasteiger partial charge >= 0.3 is 6.09 Å². The number of carbonyl (C=O) groups is 2. The predicted octanol–water partition coefficient (Wildman–Crippen LogP) is 3.96. The van der Waals surface area contributed by atoms with E-state index in [1.807, 2.05) is 51.1 Å². The summed E-state index contributed by atoms with van der Waals surface area (Å²) in [5.41, 5.74) is 1.67. The molecule has 0 fully saturated rings. The lowest BCUT2D eigenvalue weighted by atomic mass is 10.1. The van der Waals surface area contributed by atoms with Crippen LogP contribution in [-0.4, -0.2) is 17.6 Å². The second-order valence-electron chi connectivity index (χ2n) is 6.37. The van der Waals surface area contributed by atoms with E-state index in [0.29, 0.717) is 12.1 Å². The van der Waals surface area contributed by atoms with E-state index in [1.165, 1.54) is 0 Å². The Morgan fingerprint density at radius 3 is 2.17 bits per heavy atom. The first kappa shape index (κ1) is 17.5. The molecular weight excluding hydrogens is 304 g/mol. The Hall–Kier alpha value is -2.82. The third-order valence-corrected chi connectivity index (χ3v) is 3.08. The Balaban J connectivity index is 1.88. The van der Waals surface area contributed by atoms with Crippen LogP contribution in [-0.2, 0) is 11.3 Å². The topological polar surface area (TPSA) is 67.4 Å². The zero-order chi connectivity index (χ0) is 17.6. The minimum Gasteiger partial charge on any atom is -0.444 e. The van der Waals surface area contributed by atoms with Crippen LogP contribution in [0.2, 0.25) is 0 Å². The van der Waals surface area contributed by atoms with Gasteiger partial charge in [0.05, 0.1) is 0 Å². The van der Waals surface area contributed by atoms with E-state index in [4.69, 9.17) is 4.74 Å². The van der Waals surface area contributed by atoms with Crippen LogP contribution in [0, 0.1) is 0 Å². The number of ether oxygens (including phenoxy) is 1. The van der Waals surface area contributed by atoms with Gasteiger partial charge < -0.3 is 15.4 Å². The van der Waals surface area contributed by atoms with Crippen molar-refractivity contribution in [1.82, 2.24) is 5.32 Å². The summed E-state index contributed by atoms with van der Waals surface area (Å²) in [6.07, 6.45) is -0.464. The van der Waals surface area contributed by atoms with E-state index in [0.717, 1.165) is 11.3 Å². The van der Waals surface area contributed by atoms with Crippen LogP contribution in [0.5, 0.6) is 0 Å². The number of nitrogens with one attached hydrogen (secondary N) is 2. The Labute approximate surface area is 142 Å². The van der Waals surface area contributed by atoms with E-state index in [1.54, 1.807) is 24.3 Å². The van der Waals surface area contributed by atoms with Crippen molar-refractivity contribution in [2.75, 3.05) is 5.32 Å². The summed E-state index contributed by atoms with van der Waals surface area (Å²) in [5, 5.41) is 5.51. The van der Waals surface area contributed by atoms with Gasteiger partial charge in [-0.05, 0) is 50.6 Å². The first-order valence-electron chi connectivity index (χ1n) is 7.76. The first-order valence-corrected chi connectivity index (χ1v) is 7.76. The second kappa shape index (κ2) is 7.64. The van der Waals surface area contributed by atoms with Crippen molar-refractivity contribution < 1.29 is 14.3 Å². The van der Waals surface area contributed by atoms with Crippen LogP contribution in [0.25, 0.3) is 0 Å². The number of alkyl carbamates (subject to hydrolysis) is 1. The fraction of sp³-hybridized carbons (Fsp3) is 0.263. The van der Waals surface area contributed by atoms with Crippen molar-refractivity contribution in [1.29, 1.82) is 0 Å². The number of hydrogen-bond acceptors (Lipinski definition) is 3. The third-order valence-electron chi connectivity index (χ3n) is 3.08. The van der Waals surface area contributed by atoms with E-state index in [-0.39, 0.29) is 5.91 Å². The molecule has 24 heavy (non-hydrogen) atoms. The monoisotopic (exact) mass is 326 g/mol. The van der Waals surface area contributed by atoms with Gasteiger partial charge in [0.2, 0.25) is 0 Å². The normalized spacial score (nSPS) is 10.8. The highest BCUT2D eigenvalue weighted by atomic mass is 16.6. The summed E-state index contributed by atoms with van der Waals surface area (Å²) in [6.45, 7) is 5.78. The highest BCUT2D eigenvalue weighted by Gasteiger charge is 2.15. The second-order valence-corrected chi connectivity index (χ2v) is 6.37. The van der Waals surface area contributed by atoms with Crippen LogP contribution >= 0.6 is 0 Å². The van der Waals surface area contributed by atoms with Gasteiger partial charge in [0, 0.05) is 17.8 Å². The summed E-state index contributed by atoms with van der Waals surface area (Å²) >= 11 is 0. The van der Waals surface area contributed by atoms with E-state index in [2.05, 4.69) is 10.6 Å². The maximum absolute atomic E-state index is 12.1. The first-order chi connectivity index (χ1) is 11.3. The van der Waals surface area contributed by atoms with Crippen LogP contribution in [0.3, 0.4) is 0 Å². The molecule has 2 N–H and O–H groups in total. The van der Waals surface area contributed by atoms with Crippen molar-refractivity contribution in [3.8, 4) is 0 Å². The van der Waals surface area contributed by atoms with Gasteiger partial charge in [0.15, 0.2) is 0 Å². The summed E-state index contributed by atoms with van der Waals surface area (Å²) < 4.78 is 5.17. The molecule has 0 unspecified atom stereocenters. The van der Waals surface area contributed by atoms with Gasteiger partial charge in [-0.25, -0.2) is 4.79 Å². The molecule has 0 aliphatic heterocycles. The fourth-order valence-electron chi connectivity index (χ4n) is 1.99. The van der Waals surface area contributed by atoms with Crippen molar-refractivity contribution in [2.24, 2.45) is 0 Å². The number of rotatable bonds is 4.